The third-order valence-corrected chi connectivity index (χ3v) is 6.09. The molecule has 3 heterocycles. The fraction of sp³-hybridized carbons (Fsp3) is 0.421. The number of amides is 1. The molecule has 0 unspecified atom stereocenters. The number of halogens is 2. The lowest BCUT2D eigenvalue weighted by Crippen LogP contribution is -2.48. The van der Waals surface area contributed by atoms with E-state index >= 15 is 0 Å². The van der Waals surface area contributed by atoms with Gasteiger partial charge in [-0.15, -0.1) is 11.3 Å². The Morgan fingerprint density at radius 3 is 2.85 bits per heavy atom. The monoisotopic (exact) mass is 379 g/mol. The number of piperidine rings is 1. The highest BCUT2D eigenvalue weighted by Crippen LogP contribution is 2.43. The van der Waals surface area contributed by atoms with E-state index in [0.717, 1.165) is 19.3 Å². The van der Waals surface area contributed by atoms with E-state index in [1.54, 1.807) is 28.4 Å². The first-order chi connectivity index (χ1) is 12.6. The maximum Gasteiger partial charge on any atom is 0.387 e. The fourth-order valence-corrected chi connectivity index (χ4v) is 4.78. The van der Waals surface area contributed by atoms with E-state index in [1.807, 2.05) is 0 Å². The van der Waals surface area contributed by atoms with Gasteiger partial charge in [0.05, 0.1) is 12.2 Å². The topological polar surface area (TPSA) is 38.8 Å². The molecule has 4 rings (SSSR count). The van der Waals surface area contributed by atoms with E-state index in [-0.39, 0.29) is 17.3 Å². The lowest BCUT2D eigenvalue weighted by Gasteiger charge is -2.44. The smallest absolute Gasteiger partial charge is 0.387 e. The van der Waals surface area contributed by atoms with Crippen LogP contribution in [0.2, 0.25) is 0 Å². The Bertz CT molecular complexity index is 800. The summed E-state index contributed by atoms with van der Waals surface area (Å²) in [6.07, 6.45) is 2.44. The van der Waals surface area contributed by atoms with E-state index in [2.05, 4.69) is 16.2 Å². The minimum absolute atomic E-state index is 0.00198. The van der Waals surface area contributed by atoms with E-state index in [0.29, 0.717) is 25.3 Å². The maximum atomic E-state index is 12.7. The van der Waals surface area contributed by atoms with Crippen LogP contribution in [0.15, 0.2) is 35.7 Å². The number of ether oxygens (including phenoxy) is 2. The molecule has 138 valence electrons. The van der Waals surface area contributed by atoms with Gasteiger partial charge in [-0.2, -0.15) is 8.78 Å². The summed E-state index contributed by atoms with van der Waals surface area (Å²) in [7, 11) is 0. The van der Waals surface area contributed by atoms with Gasteiger partial charge in [0.1, 0.15) is 5.75 Å². The summed E-state index contributed by atoms with van der Waals surface area (Å²) in [6.45, 7) is -1.03. The largest absolute Gasteiger partial charge is 0.435 e. The van der Waals surface area contributed by atoms with E-state index in [9.17, 15) is 13.6 Å². The summed E-state index contributed by atoms with van der Waals surface area (Å²) in [5.41, 5.74) is 1.35. The van der Waals surface area contributed by atoms with Crippen LogP contribution in [0.5, 0.6) is 5.75 Å². The number of nitrogens with zero attached hydrogens (tertiary/aromatic N) is 1. The summed E-state index contributed by atoms with van der Waals surface area (Å²) < 4.78 is 35.3. The normalized spacial score (nSPS) is 18.8. The number of thiophene rings is 1. The first-order valence-electron chi connectivity index (χ1n) is 8.62. The molecular weight excluding hydrogens is 360 g/mol. The third kappa shape index (κ3) is 3.21. The second-order valence-electron chi connectivity index (χ2n) is 6.55. The van der Waals surface area contributed by atoms with Gasteiger partial charge in [-0.3, -0.25) is 4.79 Å². The number of rotatable bonds is 3. The Balaban J connectivity index is 1.47. The van der Waals surface area contributed by atoms with Crippen molar-refractivity contribution in [2.75, 3.05) is 19.7 Å². The zero-order chi connectivity index (χ0) is 18.1. The number of fused-ring (bicyclic) bond motifs is 2. The number of carbonyl (C=O) groups is 1. The number of benzene rings is 1. The van der Waals surface area contributed by atoms with Gasteiger partial charge in [-0.1, -0.05) is 6.07 Å². The van der Waals surface area contributed by atoms with Crippen molar-refractivity contribution in [1.29, 1.82) is 0 Å². The first-order valence-corrected chi connectivity index (χ1v) is 9.50. The van der Waals surface area contributed by atoms with Crippen molar-refractivity contribution in [3.8, 4) is 5.75 Å². The molecule has 26 heavy (non-hydrogen) atoms. The van der Waals surface area contributed by atoms with Crippen LogP contribution in [0.25, 0.3) is 0 Å². The molecule has 0 N–H and O–H groups in total. The minimum atomic E-state index is -2.90. The Morgan fingerprint density at radius 1 is 1.27 bits per heavy atom. The van der Waals surface area contributed by atoms with Crippen molar-refractivity contribution in [3.63, 3.8) is 0 Å². The highest BCUT2D eigenvalue weighted by Gasteiger charge is 2.42. The Kier molecular flexibility index (Phi) is 4.67. The molecule has 1 spiro atoms. The molecule has 2 aliphatic heterocycles. The molecule has 7 heteroatoms. The quantitative estimate of drug-likeness (QED) is 0.808. The Labute approximate surface area is 154 Å². The molecule has 0 bridgehead atoms. The summed E-state index contributed by atoms with van der Waals surface area (Å²) in [4.78, 5) is 15.9. The average Bonchev–Trinajstić information content (AvgIpc) is 3.12. The maximum absolute atomic E-state index is 12.7. The lowest BCUT2D eigenvalue weighted by atomic mass is 9.82. The standard InChI is InChI=1S/C19H19F2NO3S/c20-18(21)25-14-3-1-2-13(12-14)17(23)22-8-6-19(7-9-22)15-5-11-26-16(15)4-10-24-19/h1-3,5,11-12,18H,4,6-10H2. The molecule has 1 fully saturated rings. The van der Waals surface area contributed by atoms with E-state index in [4.69, 9.17) is 4.74 Å². The minimum Gasteiger partial charge on any atom is -0.435 e. The molecule has 1 saturated heterocycles. The van der Waals surface area contributed by atoms with Crippen molar-refractivity contribution in [3.05, 3.63) is 51.7 Å². The van der Waals surface area contributed by atoms with Crippen molar-refractivity contribution in [1.82, 2.24) is 4.90 Å². The molecule has 0 atom stereocenters. The van der Waals surface area contributed by atoms with Crippen LogP contribution in [0.1, 0.15) is 33.6 Å². The van der Waals surface area contributed by atoms with Crippen LogP contribution in [-0.2, 0) is 16.8 Å². The van der Waals surface area contributed by atoms with Crippen molar-refractivity contribution < 1.29 is 23.0 Å². The van der Waals surface area contributed by atoms with Gasteiger partial charge in [0.15, 0.2) is 0 Å². The zero-order valence-electron chi connectivity index (χ0n) is 14.1. The second kappa shape index (κ2) is 6.96. The lowest BCUT2D eigenvalue weighted by molar-refractivity contribution is -0.0926. The summed E-state index contributed by atoms with van der Waals surface area (Å²) >= 11 is 1.77. The summed E-state index contributed by atoms with van der Waals surface area (Å²) in [5, 5.41) is 2.10. The second-order valence-corrected chi connectivity index (χ2v) is 7.55. The summed E-state index contributed by atoms with van der Waals surface area (Å²) in [5.74, 6) is -0.168. The molecular formula is C19H19F2NO3S. The van der Waals surface area contributed by atoms with Crippen LogP contribution in [0, 0.1) is 0 Å². The molecule has 2 aromatic rings. The van der Waals surface area contributed by atoms with E-state index < -0.39 is 6.61 Å². The van der Waals surface area contributed by atoms with Crippen molar-refractivity contribution in [2.24, 2.45) is 0 Å². The van der Waals surface area contributed by atoms with Gasteiger partial charge in [0, 0.05) is 30.0 Å². The molecule has 1 aromatic carbocycles. The third-order valence-electron chi connectivity index (χ3n) is 5.11. The summed E-state index contributed by atoms with van der Waals surface area (Å²) in [6, 6.07) is 8.11. The van der Waals surface area contributed by atoms with Crippen LogP contribution >= 0.6 is 11.3 Å². The number of carbonyl (C=O) groups excluding carboxylic acids is 1. The molecule has 0 saturated carbocycles. The number of likely N-dealkylation sites (tertiary alicyclic amines) is 1. The van der Waals surface area contributed by atoms with Gasteiger partial charge < -0.3 is 14.4 Å². The molecule has 2 aliphatic rings. The SMILES string of the molecule is O=C(c1cccc(OC(F)F)c1)N1CCC2(CC1)OCCc1sccc12. The highest BCUT2D eigenvalue weighted by molar-refractivity contribution is 7.10. The molecule has 4 nitrogen and oxygen atoms in total. The van der Waals surface area contributed by atoms with Crippen molar-refractivity contribution >= 4 is 17.2 Å². The average molecular weight is 379 g/mol. The van der Waals surface area contributed by atoms with Gasteiger partial charge in [0.2, 0.25) is 0 Å². The molecule has 1 amide bonds. The molecule has 0 aliphatic carbocycles. The Morgan fingerprint density at radius 2 is 2.08 bits per heavy atom. The fourth-order valence-electron chi connectivity index (χ4n) is 3.83. The van der Waals surface area contributed by atoms with Gasteiger partial charge in [0.25, 0.3) is 5.91 Å². The predicted molar refractivity (Wildman–Crippen MR) is 93.9 cm³/mol. The Hall–Kier alpha value is -1.99. The highest BCUT2D eigenvalue weighted by atomic mass is 32.1. The first kappa shape index (κ1) is 17.4. The van der Waals surface area contributed by atoms with Gasteiger partial charge >= 0.3 is 6.61 Å². The zero-order valence-corrected chi connectivity index (χ0v) is 14.9. The molecule has 0 radical (unpaired) electrons. The van der Waals surface area contributed by atoms with Gasteiger partial charge in [-0.05, 0) is 48.1 Å². The van der Waals surface area contributed by atoms with Crippen LogP contribution in [0.4, 0.5) is 8.78 Å². The molecule has 1 aromatic heterocycles. The van der Waals surface area contributed by atoms with Crippen molar-refractivity contribution in [2.45, 2.75) is 31.5 Å². The van der Waals surface area contributed by atoms with Gasteiger partial charge in [-0.25, -0.2) is 0 Å². The van der Waals surface area contributed by atoms with Crippen LogP contribution in [0.3, 0.4) is 0 Å². The number of alkyl halides is 2. The van der Waals surface area contributed by atoms with E-state index in [1.165, 1.54) is 22.6 Å². The number of hydrogen-bond donors (Lipinski definition) is 0. The van der Waals surface area contributed by atoms with Crippen LogP contribution in [-0.4, -0.2) is 37.1 Å². The predicted octanol–water partition coefficient (Wildman–Crippen LogP) is 4.05. The van der Waals surface area contributed by atoms with Crippen LogP contribution < -0.4 is 4.74 Å². The number of hydrogen-bond acceptors (Lipinski definition) is 4.